The van der Waals surface area contributed by atoms with E-state index in [0.717, 1.165) is 24.1 Å². The van der Waals surface area contributed by atoms with Gasteiger partial charge in [0.05, 0.1) is 17.4 Å². The van der Waals surface area contributed by atoms with Gasteiger partial charge in [-0.05, 0) is 42.3 Å². The Hall–Kier alpha value is -2.42. The van der Waals surface area contributed by atoms with Gasteiger partial charge in [0, 0.05) is 13.1 Å². The predicted octanol–water partition coefficient (Wildman–Crippen LogP) is 0.787. The van der Waals surface area contributed by atoms with Crippen LogP contribution in [0.5, 0.6) is 0 Å². The van der Waals surface area contributed by atoms with Crippen LogP contribution in [0, 0.1) is 12.8 Å². The number of likely N-dealkylation sites (tertiary alicyclic amines) is 1. The van der Waals surface area contributed by atoms with E-state index in [1.165, 1.54) is 11.8 Å². The Morgan fingerprint density at radius 3 is 2.80 bits per heavy atom. The van der Waals surface area contributed by atoms with E-state index in [-0.39, 0.29) is 23.5 Å². The summed E-state index contributed by atoms with van der Waals surface area (Å²) in [6.07, 6.45) is 1.54. The number of aromatic nitrogens is 4. The average molecular weight is 360 g/mol. The van der Waals surface area contributed by atoms with Crippen molar-refractivity contribution in [2.75, 3.05) is 18.8 Å². The maximum atomic E-state index is 12.4. The zero-order valence-electron chi connectivity index (χ0n) is 14.0. The minimum Gasteiger partial charge on any atom is -0.369 e. The summed E-state index contributed by atoms with van der Waals surface area (Å²) in [6.45, 7) is 3.07. The summed E-state index contributed by atoms with van der Waals surface area (Å²) in [4.78, 5) is 25.5. The first kappa shape index (κ1) is 17.4. The van der Waals surface area contributed by atoms with Crippen LogP contribution in [0.25, 0.3) is 5.69 Å². The summed E-state index contributed by atoms with van der Waals surface area (Å²) in [7, 11) is 0. The third kappa shape index (κ3) is 4.16. The van der Waals surface area contributed by atoms with Crippen molar-refractivity contribution in [1.82, 2.24) is 25.1 Å². The first-order chi connectivity index (χ1) is 12.0. The molecule has 1 atom stereocenters. The summed E-state index contributed by atoms with van der Waals surface area (Å²) < 4.78 is 1.61. The summed E-state index contributed by atoms with van der Waals surface area (Å²) in [6, 6.07) is 7.82. The van der Waals surface area contributed by atoms with Crippen LogP contribution in [-0.4, -0.2) is 55.8 Å². The Kier molecular flexibility index (Phi) is 5.32. The molecule has 1 fully saturated rings. The summed E-state index contributed by atoms with van der Waals surface area (Å²) >= 11 is 1.28. The Bertz CT molecular complexity index is 760. The maximum absolute atomic E-state index is 12.4. The van der Waals surface area contributed by atoms with Gasteiger partial charge in [0.25, 0.3) is 0 Å². The van der Waals surface area contributed by atoms with Gasteiger partial charge in [0.2, 0.25) is 17.0 Å². The molecule has 0 bridgehead atoms. The zero-order chi connectivity index (χ0) is 17.8. The van der Waals surface area contributed by atoms with Crippen LogP contribution in [0.1, 0.15) is 18.4 Å². The van der Waals surface area contributed by atoms with Gasteiger partial charge in [-0.1, -0.05) is 29.5 Å². The molecular formula is C16H20N6O2S. The van der Waals surface area contributed by atoms with Crippen LogP contribution in [0.15, 0.2) is 29.4 Å². The lowest BCUT2D eigenvalue weighted by atomic mass is 9.97. The van der Waals surface area contributed by atoms with Crippen LogP contribution < -0.4 is 5.73 Å². The van der Waals surface area contributed by atoms with Crippen molar-refractivity contribution in [1.29, 1.82) is 0 Å². The first-order valence-electron chi connectivity index (χ1n) is 8.10. The molecule has 0 unspecified atom stereocenters. The standard InChI is InChI=1S/C16H20N6O2S/c1-11-4-6-13(7-5-11)22-16(18-19-20-22)25-10-14(23)21-8-2-3-12(9-21)15(17)24/h4-7,12H,2-3,8-10H2,1H3,(H2,17,24)/t12-/m1/s1. The number of rotatable bonds is 5. The lowest BCUT2D eigenvalue weighted by molar-refractivity contribution is -0.132. The zero-order valence-corrected chi connectivity index (χ0v) is 14.8. The molecule has 2 amide bonds. The number of aryl methyl sites for hydroxylation is 1. The average Bonchev–Trinajstić information content (AvgIpc) is 3.09. The number of thioether (sulfide) groups is 1. The highest BCUT2D eigenvalue weighted by atomic mass is 32.2. The van der Waals surface area contributed by atoms with E-state index in [4.69, 9.17) is 5.73 Å². The van der Waals surface area contributed by atoms with E-state index < -0.39 is 0 Å². The van der Waals surface area contributed by atoms with Gasteiger partial charge in [-0.3, -0.25) is 9.59 Å². The van der Waals surface area contributed by atoms with Crippen LogP contribution in [0.3, 0.4) is 0 Å². The molecule has 25 heavy (non-hydrogen) atoms. The second-order valence-corrected chi connectivity index (χ2v) is 7.02. The van der Waals surface area contributed by atoms with Crippen molar-refractivity contribution in [3.05, 3.63) is 29.8 Å². The highest BCUT2D eigenvalue weighted by Crippen LogP contribution is 2.21. The molecule has 132 valence electrons. The van der Waals surface area contributed by atoms with Gasteiger partial charge in [-0.15, -0.1) is 5.10 Å². The number of hydrogen-bond acceptors (Lipinski definition) is 6. The maximum Gasteiger partial charge on any atom is 0.233 e. The normalized spacial score (nSPS) is 17.5. The molecule has 1 aliphatic rings. The molecule has 9 heteroatoms. The number of hydrogen-bond donors (Lipinski definition) is 1. The van der Waals surface area contributed by atoms with E-state index in [1.807, 2.05) is 31.2 Å². The monoisotopic (exact) mass is 360 g/mol. The van der Waals surface area contributed by atoms with E-state index in [2.05, 4.69) is 15.5 Å². The summed E-state index contributed by atoms with van der Waals surface area (Å²) in [5.41, 5.74) is 7.36. The van der Waals surface area contributed by atoms with Crippen molar-refractivity contribution in [3.63, 3.8) is 0 Å². The molecule has 3 rings (SSSR count). The highest BCUT2D eigenvalue weighted by Gasteiger charge is 2.27. The second kappa shape index (κ2) is 7.64. The predicted molar refractivity (Wildman–Crippen MR) is 93.1 cm³/mol. The summed E-state index contributed by atoms with van der Waals surface area (Å²) in [5.74, 6) is -0.402. The van der Waals surface area contributed by atoms with Crippen molar-refractivity contribution in [2.24, 2.45) is 11.7 Å². The quantitative estimate of drug-likeness (QED) is 0.790. The Balaban J connectivity index is 1.62. The number of piperidine rings is 1. The van der Waals surface area contributed by atoms with Crippen LogP contribution in [0.2, 0.25) is 0 Å². The van der Waals surface area contributed by atoms with E-state index in [0.29, 0.717) is 18.2 Å². The number of carbonyl (C=O) groups excluding carboxylic acids is 2. The number of carbonyl (C=O) groups is 2. The SMILES string of the molecule is Cc1ccc(-n2nnnc2SCC(=O)N2CCC[C@@H](C(N)=O)C2)cc1. The van der Waals surface area contributed by atoms with Crippen molar-refractivity contribution < 1.29 is 9.59 Å². The molecule has 2 N–H and O–H groups in total. The van der Waals surface area contributed by atoms with Crippen molar-refractivity contribution >= 4 is 23.6 Å². The Morgan fingerprint density at radius 2 is 2.08 bits per heavy atom. The molecule has 0 aliphatic carbocycles. The molecule has 1 aliphatic heterocycles. The number of tetrazole rings is 1. The molecular weight excluding hydrogens is 340 g/mol. The molecule has 2 aromatic rings. The molecule has 2 heterocycles. The minimum absolute atomic E-state index is 0.0330. The van der Waals surface area contributed by atoms with Crippen molar-refractivity contribution in [2.45, 2.75) is 24.9 Å². The lowest BCUT2D eigenvalue weighted by Crippen LogP contribution is -2.44. The van der Waals surface area contributed by atoms with E-state index in [9.17, 15) is 9.59 Å². The molecule has 1 aromatic heterocycles. The number of nitrogens with zero attached hydrogens (tertiary/aromatic N) is 5. The topological polar surface area (TPSA) is 107 Å². The number of primary amides is 1. The highest BCUT2D eigenvalue weighted by molar-refractivity contribution is 7.99. The third-order valence-corrected chi connectivity index (χ3v) is 5.12. The van der Waals surface area contributed by atoms with Gasteiger partial charge in [-0.25, -0.2) is 0 Å². The third-order valence-electron chi connectivity index (χ3n) is 4.22. The molecule has 0 saturated carbocycles. The number of amides is 2. The molecule has 1 saturated heterocycles. The van der Waals surface area contributed by atoms with Crippen LogP contribution in [0.4, 0.5) is 0 Å². The molecule has 1 aromatic carbocycles. The van der Waals surface area contributed by atoms with Crippen LogP contribution >= 0.6 is 11.8 Å². The van der Waals surface area contributed by atoms with Gasteiger partial charge < -0.3 is 10.6 Å². The Morgan fingerprint density at radius 1 is 1.32 bits per heavy atom. The van der Waals surface area contributed by atoms with Gasteiger partial charge in [-0.2, -0.15) is 4.68 Å². The van der Waals surface area contributed by atoms with Gasteiger partial charge in [0.1, 0.15) is 0 Å². The van der Waals surface area contributed by atoms with Gasteiger partial charge in [0.15, 0.2) is 0 Å². The lowest BCUT2D eigenvalue weighted by Gasteiger charge is -2.31. The van der Waals surface area contributed by atoms with E-state index >= 15 is 0 Å². The second-order valence-electron chi connectivity index (χ2n) is 6.08. The fourth-order valence-electron chi connectivity index (χ4n) is 2.77. The smallest absolute Gasteiger partial charge is 0.233 e. The van der Waals surface area contributed by atoms with Gasteiger partial charge >= 0.3 is 0 Å². The summed E-state index contributed by atoms with van der Waals surface area (Å²) in [5, 5.41) is 12.2. The minimum atomic E-state index is -0.339. The Labute approximate surface area is 149 Å². The molecule has 0 radical (unpaired) electrons. The fraction of sp³-hybridized carbons (Fsp3) is 0.438. The van der Waals surface area contributed by atoms with E-state index in [1.54, 1.807) is 9.58 Å². The van der Waals surface area contributed by atoms with Crippen molar-refractivity contribution in [3.8, 4) is 5.69 Å². The first-order valence-corrected chi connectivity index (χ1v) is 9.08. The number of nitrogens with two attached hydrogens (primary N) is 1. The largest absolute Gasteiger partial charge is 0.369 e. The number of benzene rings is 1. The van der Waals surface area contributed by atoms with Crippen LogP contribution in [-0.2, 0) is 9.59 Å². The molecule has 0 spiro atoms. The fourth-order valence-corrected chi connectivity index (χ4v) is 3.56. The molecule has 8 nitrogen and oxygen atoms in total.